The van der Waals surface area contributed by atoms with Gasteiger partial charge in [-0.3, -0.25) is 4.79 Å². The van der Waals surface area contributed by atoms with E-state index in [-0.39, 0.29) is 23.3 Å². The second-order valence-corrected chi connectivity index (χ2v) is 6.99. The van der Waals surface area contributed by atoms with Crippen molar-refractivity contribution in [3.8, 4) is 0 Å². The van der Waals surface area contributed by atoms with Gasteiger partial charge in [-0.15, -0.1) is 0 Å². The monoisotopic (exact) mass is 283 g/mol. The number of benzene rings is 1. The fourth-order valence-corrected chi connectivity index (χ4v) is 2.89. The van der Waals surface area contributed by atoms with Crippen LogP contribution in [0.1, 0.15) is 12.0 Å². The van der Waals surface area contributed by atoms with E-state index < -0.39 is 9.84 Å². The predicted molar refractivity (Wildman–Crippen MR) is 71.8 cm³/mol. The summed E-state index contributed by atoms with van der Waals surface area (Å²) in [5, 5.41) is 9.13. The second-order valence-electron chi connectivity index (χ2n) is 4.98. The lowest BCUT2D eigenvalue weighted by Crippen LogP contribution is -2.26. The van der Waals surface area contributed by atoms with Crippen LogP contribution in [0.3, 0.4) is 0 Å². The molecule has 5 nitrogen and oxygen atoms in total. The van der Waals surface area contributed by atoms with Crippen molar-refractivity contribution in [3.63, 3.8) is 0 Å². The molecule has 1 fully saturated rings. The van der Waals surface area contributed by atoms with Gasteiger partial charge in [-0.05, 0) is 24.6 Å². The van der Waals surface area contributed by atoms with E-state index in [0.717, 1.165) is 11.8 Å². The topological polar surface area (TPSA) is 74.7 Å². The van der Waals surface area contributed by atoms with Crippen LogP contribution in [0.4, 0.5) is 5.69 Å². The van der Waals surface area contributed by atoms with Gasteiger partial charge in [0.05, 0.1) is 4.90 Å². The number of aliphatic hydroxyl groups excluding tert-OH is 1. The smallest absolute Gasteiger partial charge is 0.227 e. The first-order valence-corrected chi connectivity index (χ1v) is 7.94. The molecule has 0 bridgehead atoms. The molecule has 6 heteroatoms. The van der Waals surface area contributed by atoms with Crippen LogP contribution < -0.4 is 4.90 Å². The molecule has 104 valence electrons. The highest BCUT2D eigenvalue weighted by atomic mass is 32.2. The standard InChI is InChI=1S/C13H17NO4S/c1-9-3-4-11(19(2,17)18)6-12(9)14-7-10(8-15)5-13(14)16/h3-4,6,10,15H,5,7-8H2,1-2H3. The van der Waals surface area contributed by atoms with E-state index in [1.807, 2.05) is 6.92 Å². The predicted octanol–water partition coefficient (Wildman–Crippen LogP) is 0.744. The third-order valence-corrected chi connectivity index (χ3v) is 4.47. The van der Waals surface area contributed by atoms with E-state index in [9.17, 15) is 13.2 Å². The van der Waals surface area contributed by atoms with Crippen molar-refractivity contribution in [3.05, 3.63) is 23.8 Å². The molecule has 1 saturated heterocycles. The van der Waals surface area contributed by atoms with Crippen molar-refractivity contribution in [2.75, 3.05) is 24.3 Å². The molecule has 1 heterocycles. The Morgan fingerprint density at radius 3 is 2.63 bits per heavy atom. The van der Waals surface area contributed by atoms with E-state index in [2.05, 4.69) is 0 Å². The minimum Gasteiger partial charge on any atom is -0.396 e. The molecule has 1 aromatic carbocycles. The molecule has 1 aliphatic rings. The maximum Gasteiger partial charge on any atom is 0.227 e. The van der Waals surface area contributed by atoms with Gasteiger partial charge in [0.1, 0.15) is 0 Å². The van der Waals surface area contributed by atoms with Gasteiger partial charge >= 0.3 is 0 Å². The van der Waals surface area contributed by atoms with Crippen molar-refractivity contribution >= 4 is 21.4 Å². The number of carbonyl (C=O) groups is 1. The van der Waals surface area contributed by atoms with Crippen LogP contribution >= 0.6 is 0 Å². The first kappa shape index (κ1) is 14.0. The van der Waals surface area contributed by atoms with Crippen LogP contribution in [-0.4, -0.2) is 38.8 Å². The zero-order valence-corrected chi connectivity index (χ0v) is 11.8. The quantitative estimate of drug-likeness (QED) is 0.888. The van der Waals surface area contributed by atoms with Crippen molar-refractivity contribution in [2.45, 2.75) is 18.2 Å². The number of nitrogens with zero attached hydrogens (tertiary/aromatic N) is 1. The van der Waals surface area contributed by atoms with Gasteiger partial charge < -0.3 is 10.0 Å². The number of aryl methyl sites for hydroxylation is 1. The normalized spacial score (nSPS) is 20.1. The van der Waals surface area contributed by atoms with E-state index >= 15 is 0 Å². The second kappa shape index (κ2) is 4.94. The van der Waals surface area contributed by atoms with E-state index in [1.165, 1.54) is 12.1 Å². The van der Waals surface area contributed by atoms with E-state index in [1.54, 1.807) is 11.0 Å². The average molecular weight is 283 g/mol. The van der Waals surface area contributed by atoms with Crippen LogP contribution in [0, 0.1) is 12.8 Å². The summed E-state index contributed by atoms with van der Waals surface area (Å²) in [6.07, 6.45) is 1.45. The Morgan fingerprint density at radius 1 is 1.42 bits per heavy atom. The molecule has 0 aliphatic carbocycles. The van der Waals surface area contributed by atoms with Crippen molar-refractivity contribution in [1.29, 1.82) is 0 Å². The Balaban J connectivity index is 2.42. The molecule has 1 N–H and O–H groups in total. The molecule has 0 radical (unpaired) electrons. The summed E-state index contributed by atoms with van der Waals surface area (Å²) < 4.78 is 23.1. The Bertz CT molecular complexity index is 609. The van der Waals surface area contributed by atoms with Gasteiger partial charge in [0, 0.05) is 37.4 Å². The lowest BCUT2D eigenvalue weighted by Gasteiger charge is -2.19. The fraction of sp³-hybridized carbons (Fsp3) is 0.462. The molecular formula is C13H17NO4S. The van der Waals surface area contributed by atoms with Gasteiger partial charge in [-0.1, -0.05) is 6.07 Å². The van der Waals surface area contributed by atoms with Crippen LogP contribution in [0.15, 0.2) is 23.1 Å². The summed E-state index contributed by atoms with van der Waals surface area (Å²) in [5.41, 5.74) is 1.46. The number of anilines is 1. The Hall–Kier alpha value is -1.40. The molecule has 1 aliphatic heterocycles. The largest absolute Gasteiger partial charge is 0.396 e. The molecule has 0 saturated carbocycles. The Labute approximate surface area is 112 Å². The average Bonchev–Trinajstić information content (AvgIpc) is 2.69. The molecule has 0 aromatic heterocycles. The lowest BCUT2D eigenvalue weighted by atomic mass is 10.1. The first-order chi connectivity index (χ1) is 8.82. The SMILES string of the molecule is Cc1ccc(S(C)(=O)=O)cc1N1CC(CO)CC1=O. The van der Waals surface area contributed by atoms with Crippen molar-refractivity contribution in [2.24, 2.45) is 5.92 Å². The summed E-state index contributed by atoms with van der Waals surface area (Å²) in [6.45, 7) is 2.23. The van der Waals surface area contributed by atoms with Crippen LogP contribution in [0.25, 0.3) is 0 Å². The molecule has 2 rings (SSSR count). The number of sulfone groups is 1. The van der Waals surface area contributed by atoms with Crippen LogP contribution in [-0.2, 0) is 14.6 Å². The number of hydrogen-bond acceptors (Lipinski definition) is 4. The molecule has 1 aromatic rings. The molecular weight excluding hydrogens is 266 g/mol. The zero-order chi connectivity index (χ0) is 14.2. The van der Waals surface area contributed by atoms with Gasteiger partial charge in [0.15, 0.2) is 9.84 Å². The minimum absolute atomic E-state index is 0.0347. The van der Waals surface area contributed by atoms with Crippen molar-refractivity contribution < 1.29 is 18.3 Å². The number of aliphatic hydroxyl groups is 1. The van der Waals surface area contributed by atoms with Crippen LogP contribution in [0.5, 0.6) is 0 Å². The minimum atomic E-state index is -3.30. The van der Waals surface area contributed by atoms with E-state index in [4.69, 9.17) is 5.11 Å². The number of carbonyl (C=O) groups excluding carboxylic acids is 1. The summed E-state index contributed by atoms with van der Waals surface area (Å²) in [6, 6.07) is 4.77. The number of rotatable bonds is 3. The van der Waals surface area contributed by atoms with Crippen molar-refractivity contribution in [1.82, 2.24) is 0 Å². The highest BCUT2D eigenvalue weighted by molar-refractivity contribution is 7.90. The van der Waals surface area contributed by atoms with Crippen LogP contribution in [0.2, 0.25) is 0 Å². The molecule has 1 atom stereocenters. The molecule has 0 spiro atoms. The first-order valence-electron chi connectivity index (χ1n) is 6.05. The maximum atomic E-state index is 11.9. The zero-order valence-electron chi connectivity index (χ0n) is 11.0. The lowest BCUT2D eigenvalue weighted by molar-refractivity contribution is -0.117. The summed E-state index contributed by atoms with van der Waals surface area (Å²) >= 11 is 0. The van der Waals surface area contributed by atoms with E-state index in [0.29, 0.717) is 18.7 Å². The van der Waals surface area contributed by atoms with Gasteiger partial charge in [-0.25, -0.2) is 8.42 Å². The highest BCUT2D eigenvalue weighted by Crippen LogP contribution is 2.29. The Kier molecular flexibility index (Phi) is 3.64. The summed E-state index contributed by atoms with van der Waals surface area (Å²) in [5.74, 6) is -0.151. The molecule has 1 unspecified atom stereocenters. The third kappa shape index (κ3) is 2.79. The maximum absolute atomic E-state index is 11.9. The van der Waals surface area contributed by atoms with Gasteiger partial charge in [0.2, 0.25) is 5.91 Å². The molecule has 1 amide bonds. The summed E-state index contributed by atoms with van der Waals surface area (Å²) in [4.78, 5) is 13.7. The van der Waals surface area contributed by atoms with Gasteiger partial charge in [0.25, 0.3) is 0 Å². The Morgan fingerprint density at radius 2 is 2.11 bits per heavy atom. The number of hydrogen-bond donors (Lipinski definition) is 1. The van der Waals surface area contributed by atoms with Gasteiger partial charge in [-0.2, -0.15) is 0 Å². The highest BCUT2D eigenvalue weighted by Gasteiger charge is 2.31. The third-order valence-electron chi connectivity index (χ3n) is 3.36. The summed E-state index contributed by atoms with van der Waals surface area (Å²) in [7, 11) is -3.30. The molecule has 19 heavy (non-hydrogen) atoms. The number of amides is 1. The fourth-order valence-electron chi connectivity index (χ4n) is 2.25.